The van der Waals surface area contributed by atoms with Gasteiger partial charge in [0.1, 0.15) is 0 Å². The van der Waals surface area contributed by atoms with Gasteiger partial charge in [-0.15, -0.1) is 0 Å². The van der Waals surface area contributed by atoms with Crippen LogP contribution in [0.1, 0.15) is 23.3 Å². The fourth-order valence-corrected chi connectivity index (χ4v) is 2.74. The summed E-state index contributed by atoms with van der Waals surface area (Å²) >= 11 is 1.93. The molecular weight excluding hydrogens is 226 g/mol. The Kier molecular flexibility index (Phi) is 3.61. The van der Waals surface area contributed by atoms with Crippen molar-refractivity contribution in [2.45, 2.75) is 18.9 Å². The van der Waals surface area contributed by atoms with Crippen LogP contribution in [-0.4, -0.2) is 38.6 Å². The van der Waals surface area contributed by atoms with Gasteiger partial charge in [0.2, 0.25) is 0 Å². The highest BCUT2D eigenvalue weighted by Gasteiger charge is 2.18. The number of anilines is 1. The molecule has 1 aromatic heterocycles. The third kappa shape index (κ3) is 2.63. The van der Waals surface area contributed by atoms with E-state index in [4.69, 9.17) is 5.11 Å². The molecule has 1 saturated heterocycles. The van der Waals surface area contributed by atoms with Gasteiger partial charge in [-0.2, -0.15) is 11.8 Å². The van der Waals surface area contributed by atoms with Crippen molar-refractivity contribution in [1.29, 1.82) is 0 Å². The molecule has 0 aromatic carbocycles. The molecule has 0 atom stereocenters. The first-order valence-corrected chi connectivity index (χ1v) is 6.31. The number of thioether (sulfide) groups is 1. The van der Waals surface area contributed by atoms with Gasteiger partial charge in [0.05, 0.1) is 0 Å². The van der Waals surface area contributed by atoms with Crippen LogP contribution in [0.3, 0.4) is 0 Å². The molecule has 1 aliphatic rings. The van der Waals surface area contributed by atoms with Crippen LogP contribution in [0.2, 0.25) is 0 Å². The van der Waals surface area contributed by atoms with E-state index in [-0.39, 0.29) is 5.69 Å². The maximum Gasteiger partial charge on any atom is 0.358 e. The van der Waals surface area contributed by atoms with E-state index in [0.717, 1.165) is 24.3 Å². The zero-order chi connectivity index (χ0) is 11.4. The topological polar surface area (TPSA) is 75.1 Å². The molecule has 6 heteroatoms. The number of aromatic nitrogens is 2. The molecule has 0 amide bonds. The van der Waals surface area contributed by atoms with Crippen molar-refractivity contribution in [3.05, 3.63) is 18.1 Å². The van der Waals surface area contributed by atoms with Crippen LogP contribution in [-0.2, 0) is 0 Å². The van der Waals surface area contributed by atoms with Crippen LogP contribution in [0.25, 0.3) is 0 Å². The summed E-state index contributed by atoms with van der Waals surface area (Å²) in [4.78, 5) is 18.8. The number of aromatic carboxylic acids is 1. The molecule has 0 radical (unpaired) electrons. The minimum atomic E-state index is -1.04. The average molecular weight is 239 g/mol. The predicted molar refractivity (Wildman–Crippen MR) is 63.0 cm³/mol. The fraction of sp³-hybridized carbons (Fsp3) is 0.500. The van der Waals surface area contributed by atoms with E-state index in [1.807, 2.05) is 11.8 Å². The quantitative estimate of drug-likeness (QED) is 0.832. The number of carbonyl (C=O) groups is 1. The van der Waals surface area contributed by atoms with Crippen LogP contribution in [0.4, 0.5) is 5.82 Å². The van der Waals surface area contributed by atoms with Gasteiger partial charge in [-0.1, -0.05) is 0 Å². The van der Waals surface area contributed by atoms with E-state index in [1.54, 1.807) is 0 Å². The van der Waals surface area contributed by atoms with Gasteiger partial charge < -0.3 is 10.4 Å². The fourth-order valence-electron chi connectivity index (χ4n) is 1.64. The molecule has 1 aromatic rings. The number of hydrogen-bond donors (Lipinski definition) is 2. The van der Waals surface area contributed by atoms with Crippen LogP contribution >= 0.6 is 11.8 Å². The normalized spacial score (nSPS) is 17.0. The zero-order valence-electron chi connectivity index (χ0n) is 8.72. The molecule has 16 heavy (non-hydrogen) atoms. The number of rotatable bonds is 3. The lowest BCUT2D eigenvalue weighted by Crippen LogP contribution is -2.26. The highest BCUT2D eigenvalue weighted by atomic mass is 32.2. The van der Waals surface area contributed by atoms with E-state index in [0.29, 0.717) is 11.9 Å². The molecule has 1 aliphatic heterocycles. The SMILES string of the molecule is O=C(O)c1nccnc1NC1CCSCC1. The molecule has 0 spiro atoms. The number of hydrogen-bond acceptors (Lipinski definition) is 5. The van der Waals surface area contributed by atoms with Crippen LogP contribution in [0.15, 0.2) is 12.4 Å². The molecule has 0 saturated carbocycles. The van der Waals surface area contributed by atoms with Gasteiger partial charge in [-0.05, 0) is 24.3 Å². The van der Waals surface area contributed by atoms with Gasteiger partial charge >= 0.3 is 5.97 Å². The lowest BCUT2D eigenvalue weighted by atomic mass is 10.1. The molecule has 0 unspecified atom stereocenters. The largest absolute Gasteiger partial charge is 0.476 e. The van der Waals surface area contributed by atoms with E-state index in [2.05, 4.69) is 15.3 Å². The minimum Gasteiger partial charge on any atom is -0.476 e. The molecule has 86 valence electrons. The van der Waals surface area contributed by atoms with Gasteiger partial charge in [-0.3, -0.25) is 0 Å². The van der Waals surface area contributed by atoms with Crippen molar-refractivity contribution in [3.63, 3.8) is 0 Å². The van der Waals surface area contributed by atoms with E-state index >= 15 is 0 Å². The van der Waals surface area contributed by atoms with Crippen molar-refractivity contribution in [3.8, 4) is 0 Å². The third-order valence-corrected chi connectivity index (χ3v) is 3.51. The summed E-state index contributed by atoms with van der Waals surface area (Å²) in [5, 5.41) is 12.1. The van der Waals surface area contributed by atoms with Gasteiger partial charge in [0.15, 0.2) is 11.5 Å². The summed E-state index contributed by atoms with van der Waals surface area (Å²) in [6, 6.07) is 0.316. The molecule has 2 heterocycles. The summed E-state index contributed by atoms with van der Waals surface area (Å²) in [6.45, 7) is 0. The summed E-state index contributed by atoms with van der Waals surface area (Å²) < 4.78 is 0. The lowest BCUT2D eigenvalue weighted by Gasteiger charge is -2.23. The monoisotopic (exact) mass is 239 g/mol. The first-order valence-electron chi connectivity index (χ1n) is 5.16. The number of carboxylic acid groups (broad SMARTS) is 1. The standard InChI is InChI=1S/C10H13N3O2S/c14-10(15)8-9(12-4-3-11-8)13-7-1-5-16-6-2-7/h3-4,7H,1-2,5-6H2,(H,12,13)(H,14,15). The summed E-state index contributed by atoms with van der Waals surface area (Å²) in [6.07, 6.45) is 4.98. The molecule has 2 N–H and O–H groups in total. The second kappa shape index (κ2) is 5.16. The van der Waals surface area contributed by atoms with E-state index < -0.39 is 5.97 Å². The van der Waals surface area contributed by atoms with E-state index in [1.165, 1.54) is 12.4 Å². The Bertz CT molecular complexity index is 380. The lowest BCUT2D eigenvalue weighted by molar-refractivity contribution is 0.0691. The molecular formula is C10H13N3O2S. The Labute approximate surface area is 97.7 Å². The Balaban J connectivity index is 2.10. The maximum absolute atomic E-state index is 10.9. The number of carboxylic acids is 1. The first-order chi connectivity index (χ1) is 7.77. The molecule has 2 rings (SSSR count). The van der Waals surface area contributed by atoms with Crippen LogP contribution in [0, 0.1) is 0 Å². The van der Waals surface area contributed by atoms with Crippen molar-refractivity contribution >= 4 is 23.5 Å². The third-order valence-electron chi connectivity index (χ3n) is 2.46. The van der Waals surface area contributed by atoms with Crippen molar-refractivity contribution in [1.82, 2.24) is 9.97 Å². The van der Waals surface area contributed by atoms with Crippen molar-refractivity contribution < 1.29 is 9.90 Å². The van der Waals surface area contributed by atoms with E-state index in [9.17, 15) is 4.79 Å². The molecule has 5 nitrogen and oxygen atoms in total. The Hall–Kier alpha value is -1.30. The van der Waals surface area contributed by atoms with Gasteiger partial charge in [0, 0.05) is 18.4 Å². The summed E-state index contributed by atoms with van der Waals surface area (Å²) in [5.74, 6) is 1.56. The minimum absolute atomic E-state index is 0.000673. The predicted octanol–water partition coefficient (Wildman–Crippen LogP) is 1.48. The van der Waals surface area contributed by atoms with Gasteiger partial charge in [0.25, 0.3) is 0 Å². The van der Waals surface area contributed by atoms with Crippen molar-refractivity contribution in [2.24, 2.45) is 0 Å². The molecule has 1 fully saturated rings. The summed E-state index contributed by atoms with van der Waals surface area (Å²) in [5.41, 5.74) is 0.000673. The Morgan fingerprint density at radius 1 is 1.38 bits per heavy atom. The first kappa shape index (κ1) is 11.2. The van der Waals surface area contributed by atoms with Gasteiger partial charge in [-0.25, -0.2) is 14.8 Å². The number of nitrogens with zero attached hydrogens (tertiary/aromatic N) is 2. The highest BCUT2D eigenvalue weighted by molar-refractivity contribution is 7.99. The summed E-state index contributed by atoms with van der Waals surface area (Å²) in [7, 11) is 0. The molecule has 0 aliphatic carbocycles. The number of nitrogens with one attached hydrogen (secondary N) is 1. The Morgan fingerprint density at radius 3 is 2.75 bits per heavy atom. The maximum atomic E-state index is 10.9. The van der Waals surface area contributed by atoms with Crippen molar-refractivity contribution in [2.75, 3.05) is 16.8 Å². The second-order valence-electron chi connectivity index (χ2n) is 3.59. The highest BCUT2D eigenvalue weighted by Crippen LogP contribution is 2.20. The van der Waals surface area contributed by atoms with Crippen LogP contribution < -0.4 is 5.32 Å². The zero-order valence-corrected chi connectivity index (χ0v) is 9.54. The second-order valence-corrected chi connectivity index (χ2v) is 4.81. The smallest absolute Gasteiger partial charge is 0.358 e. The Morgan fingerprint density at radius 2 is 2.06 bits per heavy atom. The van der Waals surface area contributed by atoms with Crippen LogP contribution in [0.5, 0.6) is 0 Å². The molecule has 0 bridgehead atoms. The average Bonchev–Trinajstić information content (AvgIpc) is 2.31.